The molecule has 2 aromatic rings. The van der Waals surface area contributed by atoms with E-state index in [9.17, 15) is 0 Å². The third-order valence-corrected chi connectivity index (χ3v) is 3.98. The van der Waals surface area contributed by atoms with Gasteiger partial charge in [0.1, 0.15) is 5.82 Å². The van der Waals surface area contributed by atoms with Crippen LogP contribution in [-0.2, 0) is 12.4 Å². The second-order valence-corrected chi connectivity index (χ2v) is 5.29. The van der Waals surface area contributed by atoms with E-state index in [-0.39, 0.29) is 0 Å². The molecule has 0 unspecified atom stereocenters. The molecule has 0 radical (unpaired) electrons. The minimum Gasteiger partial charge on any atom is -0.327 e. The second-order valence-electron chi connectivity index (χ2n) is 4.59. The Morgan fingerprint density at radius 1 is 1.28 bits per heavy atom. The van der Waals surface area contributed by atoms with Crippen LogP contribution in [0.2, 0.25) is 5.02 Å². The van der Waals surface area contributed by atoms with Crippen LogP contribution in [0.4, 0.5) is 0 Å². The normalized spacial score (nSPS) is 11.6. The van der Waals surface area contributed by atoms with Gasteiger partial charge in [0, 0.05) is 11.6 Å². The summed E-state index contributed by atoms with van der Waals surface area (Å²) in [5.74, 6) is 2.02. The molecule has 0 atom stereocenters. The maximum Gasteiger partial charge on any atom is 0.124 e. The number of fused-ring (bicyclic) bond motifs is 1. The lowest BCUT2D eigenvalue weighted by atomic mass is 10.0. The molecule has 0 aliphatic heterocycles. The fraction of sp³-hybridized carbons (Fsp3) is 0.500. The van der Waals surface area contributed by atoms with Crippen molar-refractivity contribution in [3.63, 3.8) is 0 Å². The maximum atomic E-state index is 6.07. The van der Waals surface area contributed by atoms with Gasteiger partial charge in [-0.25, -0.2) is 4.98 Å². The monoisotopic (exact) mass is 284 g/mol. The molecule has 18 heavy (non-hydrogen) atoms. The van der Waals surface area contributed by atoms with Gasteiger partial charge in [-0.1, -0.05) is 38.3 Å². The number of imidazole rings is 1. The zero-order chi connectivity index (χ0) is 13.1. The van der Waals surface area contributed by atoms with Crippen LogP contribution < -0.4 is 0 Å². The molecule has 0 bridgehead atoms. The van der Waals surface area contributed by atoms with E-state index >= 15 is 0 Å². The first-order valence-corrected chi connectivity index (χ1v) is 7.31. The molecule has 1 aromatic heterocycles. The average molecular weight is 285 g/mol. The summed E-state index contributed by atoms with van der Waals surface area (Å²) in [4.78, 5) is 4.57. The molecular weight excluding hydrogens is 267 g/mol. The summed E-state index contributed by atoms with van der Waals surface area (Å²) in [5.41, 5.74) is 2.06. The van der Waals surface area contributed by atoms with Crippen molar-refractivity contribution in [1.29, 1.82) is 0 Å². The van der Waals surface area contributed by atoms with E-state index in [0.29, 0.717) is 11.8 Å². The summed E-state index contributed by atoms with van der Waals surface area (Å²) in [6, 6.07) is 5.80. The van der Waals surface area contributed by atoms with Crippen molar-refractivity contribution in [2.45, 2.75) is 39.1 Å². The number of hydrogen-bond donors (Lipinski definition) is 0. The fourth-order valence-electron chi connectivity index (χ4n) is 2.26. The number of nitrogens with zero attached hydrogens (tertiary/aromatic N) is 2. The van der Waals surface area contributed by atoms with Gasteiger partial charge in [0.15, 0.2) is 0 Å². The number of rotatable bonds is 5. The Morgan fingerprint density at radius 3 is 2.61 bits per heavy atom. The number of hydrogen-bond acceptors (Lipinski definition) is 1. The van der Waals surface area contributed by atoms with Crippen molar-refractivity contribution in [3.8, 4) is 0 Å². The number of alkyl halides is 1. The van der Waals surface area contributed by atoms with Crippen LogP contribution in [0.5, 0.6) is 0 Å². The molecule has 0 N–H and O–H groups in total. The van der Waals surface area contributed by atoms with Crippen LogP contribution in [0.15, 0.2) is 18.2 Å². The zero-order valence-electron chi connectivity index (χ0n) is 10.8. The molecule has 2 nitrogen and oxygen atoms in total. The highest BCUT2D eigenvalue weighted by atomic mass is 35.5. The molecule has 1 heterocycles. The Balaban J connectivity index is 2.48. The van der Waals surface area contributed by atoms with E-state index in [4.69, 9.17) is 23.2 Å². The smallest absolute Gasteiger partial charge is 0.124 e. The highest BCUT2D eigenvalue weighted by molar-refractivity contribution is 6.31. The van der Waals surface area contributed by atoms with Crippen molar-refractivity contribution in [3.05, 3.63) is 29.0 Å². The summed E-state index contributed by atoms with van der Waals surface area (Å²) >= 11 is 12.1. The summed E-state index contributed by atoms with van der Waals surface area (Å²) in [5, 5.41) is 0.745. The Kier molecular flexibility index (Phi) is 4.52. The van der Waals surface area contributed by atoms with E-state index in [1.165, 1.54) is 12.8 Å². The van der Waals surface area contributed by atoms with Crippen LogP contribution >= 0.6 is 23.2 Å². The standard InChI is InChI=1S/C14H18Cl2N2/c1-3-10(4-2)9-18-13-7-11(16)5-6-12(13)17-14(18)8-15/h5-7,10H,3-4,8-9H2,1-2H3. The molecule has 0 amide bonds. The average Bonchev–Trinajstić information content (AvgIpc) is 2.73. The second kappa shape index (κ2) is 5.94. The Morgan fingerprint density at radius 2 is 2.00 bits per heavy atom. The molecular formula is C14H18Cl2N2. The first kappa shape index (κ1) is 13.7. The lowest BCUT2D eigenvalue weighted by Gasteiger charge is -2.15. The van der Waals surface area contributed by atoms with Crippen LogP contribution in [0, 0.1) is 5.92 Å². The van der Waals surface area contributed by atoms with E-state index in [1.54, 1.807) is 0 Å². The topological polar surface area (TPSA) is 17.8 Å². The molecule has 0 saturated heterocycles. The zero-order valence-corrected chi connectivity index (χ0v) is 12.3. The first-order chi connectivity index (χ1) is 8.69. The number of aromatic nitrogens is 2. The molecule has 0 aliphatic rings. The minimum atomic E-state index is 0.437. The van der Waals surface area contributed by atoms with Crippen LogP contribution in [0.25, 0.3) is 11.0 Å². The molecule has 0 saturated carbocycles. The van der Waals surface area contributed by atoms with E-state index in [2.05, 4.69) is 23.4 Å². The third-order valence-electron chi connectivity index (χ3n) is 3.50. The van der Waals surface area contributed by atoms with Crippen LogP contribution in [-0.4, -0.2) is 9.55 Å². The lowest BCUT2D eigenvalue weighted by molar-refractivity contribution is 0.419. The van der Waals surface area contributed by atoms with Crippen molar-refractivity contribution >= 4 is 34.2 Å². The van der Waals surface area contributed by atoms with Crippen molar-refractivity contribution in [1.82, 2.24) is 9.55 Å². The van der Waals surface area contributed by atoms with Crippen LogP contribution in [0.1, 0.15) is 32.5 Å². The molecule has 2 rings (SSSR count). The fourth-order valence-corrected chi connectivity index (χ4v) is 2.63. The van der Waals surface area contributed by atoms with Gasteiger partial charge >= 0.3 is 0 Å². The predicted octanol–water partition coefficient (Wildman–Crippen LogP) is 4.86. The highest BCUT2D eigenvalue weighted by Crippen LogP contribution is 2.24. The summed E-state index contributed by atoms with van der Waals surface area (Å²) in [7, 11) is 0. The third kappa shape index (κ3) is 2.65. The summed E-state index contributed by atoms with van der Waals surface area (Å²) in [6.07, 6.45) is 2.33. The van der Waals surface area contributed by atoms with Gasteiger partial charge in [0.2, 0.25) is 0 Å². The SMILES string of the molecule is CCC(CC)Cn1c(CCl)nc2ccc(Cl)cc21. The molecule has 0 spiro atoms. The van der Waals surface area contributed by atoms with Gasteiger partial charge in [0.25, 0.3) is 0 Å². The Hall–Kier alpha value is -0.730. The summed E-state index contributed by atoms with van der Waals surface area (Å²) in [6.45, 7) is 5.41. The largest absolute Gasteiger partial charge is 0.327 e. The molecule has 98 valence electrons. The maximum absolute atomic E-state index is 6.07. The van der Waals surface area contributed by atoms with Gasteiger partial charge in [-0.15, -0.1) is 11.6 Å². The van der Waals surface area contributed by atoms with Crippen molar-refractivity contribution in [2.75, 3.05) is 0 Å². The Bertz CT molecular complexity index is 530. The quantitative estimate of drug-likeness (QED) is 0.717. The minimum absolute atomic E-state index is 0.437. The van der Waals surface area contributed by atoms with Gasteiger partial charge < -0.3 is 4.57 Å². The van der Waals surface area contributed by atoms with Crippen molar-refractivity contribution < 1.29 is 0 Å². The number of halogens is 2. The number of benzene rings is 1. The van der Waals surface area contributed by atoms with Gasteiger partial charge in [-0.2, -0.15) is 0 Å². The van der Waals surface area contributed by atoms with Crippen molar-refractivity contribution in [2.24, 2.45) is 5.92 Å². The summed E-state index contributed by atoms with van der Waals surface area (Å²) < 4.78 is 2.21. The molecule has 1 aromatic carbocycles. The van der Waals surface area contributed by atoms with Gasteiger partial charge in [0.05, 0.1) is 16.9 Å². The van der Waals surface area contributed by atoms with E-state index < -0.39 is 0 Å². The Labute approximate surface area is 118 Å². The predicted molar refractivity (Wildman–Crippen MR) is 78.4 cm³/mol. The molecule has 0 fully saturated rings. The highest BCUT2D eigenvalue weighted by Gasteiger charge is 2.13. The van der Waals surface area contributed by atoms with Gasteiger partial charge in [-0.3, -0.25) is 0 Å². The molecule has 4 heteroatoms. The van der Waals surface area contributed by atoms with E-state index in [0.717, 1.165) is 28.4 Å². The van der Waals surface area contributed by atoms with E-state index in [1.807, 2.05) is 18.2 Å². The first-order valence-electron chi connectivity index (χ1n) is 6.40. The van der Waals surface area contributed by atoms with Crippen LogP contribution in [0.3, 0.4) is 0 Å². The lowest BCUT2D eigenvalue weighted by Crippen LogP contribution is -2.11. The molecule has 0 aliphatic carbocycles. The van der Waals surface area contributed by atoms with Gasteiger partial charge in [-0.05, 0) is 24.1 Å².